The summed E-state index contributed by atoms with van der Waals surface area (Å²) in [7, 11) is 0. The van der Waals surface area contributed by atoms with Gasteiger partial charge in [0.1, 0.15) is 29.0 Å². The van der Waals surface area contributed by atoms with Gasteiger partial charge in [-0.05, 0) is 68.1 Å². The zero-order valence-electron chi connectivity index (χ0n) is 19.6. The molecule has 0 saturated carbocycles. The average molecular weight is 531 g/mol. The maximum Gasteiger partial charge on any atom is 0.227 e. The highest BCUT2D eigenvalue weighted by Gasteiger charge is 2.20. The van der Waals surface area contributed by atoms with Crippen LogP contribution in [0, 0.1) is 12.7 Å². The number of carbonyl (C=O) groups is 2. The van der Waals surface area contributed by atoms with E-state index >= 15 is 0 Å². The van der Waals surface area contributed by atoms with Crippen LogP contribution in [0.1, 0.15) is 35.1 Å². The van der Waals surface area contributed by atoms with Crippen molar-refractivity contribution in [3.05, 3.63) is 87.1 Å². The normalized spacial score (nSPS) is 11.6. The van der Waals surface area contributed by atoms with Crippen LogP contribution in [0.3, 0.4) is 0 Å². The number of aliphatic hydroxyl groups excluding tert-OH is 1. The van der Waals surface area contributed by atoms with E-state index in [1.165, 1.54) is 41.4 Å². The lowest BCUT2D eigenvalue weighted by atomic mass is 10.2. The predicted octanol–water partition coefficient (Wildman–Crippen LogP) is 5.10. The van der Waals surface area contributed by atoms with Crippen molar-refractivity contribution in [2.75, 3.05) is 12.3 Å². The summed E-state index contributed by atoms with van der Waals surface area (Å²) in [5.74, 6) is 0.893. The Morgan fingerprint density at radius 3 is 2.64 bits per heavy atom. The second kappa shape index (κ2) is 12.5. The first-order chi connectivity index (χ1) is 17.2. The average Bonchev–Trinajstić information content (AvgIpc) is 2.85. The smallest absolute Gasteiger partial charge is 0.227 e. The van der Waals surface area contributed by atoms with Crippen molar-refractivity contribution in [3.63, 3.8) is 0 Å². The highest BCUT2D eigenvalue weighted by Crippen LogP contribution is 2.35. The predicted molar refractivity (Wildman–Crippen MR) is 137 cm³/mol. The molecule has 0 aliphatic rings. The van der Waals surface area contributed by atoms with Gasteiger partial charge >= 0.3 is 0 Å². The lowest BCUT2D eigenvalue weighted by Gasteiger charge is -2.22. The molecule has 0 aliphatic heterocycles. The molecule has 2 aromatic carbocycles. The molecule has 0 fully saturated rings. The molecule has 0 spiro atoms. The van der Waals surface area contributed by atoms with Crippen molar-refractivity contribution in [2.45, 2.75) is 26.8 Å². The molecule has 188 valence electrons. The number of halogens is 2. The molecule has 0 bridgehead atoms. The molecule has 0 saturated heterocycles. The number of aryl methyl sites for hydroxylation is 1. The largest absolute Gasteiger partial charge is 0.457 e. The molecule has 0 aliphatic carbocycles. The molecule has 11 heteroatoms. The van der Waals surface area contributed by atoms with E-state index in [0.717, 1.165) is 11.8 Å². The van der Waals surface area contributed by atoms with Crippen LogP contribution in [0.4, 0.5) is 10.2 Å². The monoisotopic (exact) mass is 530 g/mol. The van der Waals surface area contributed by atoms with Crippen LogP contribution in [-0.2, 0) is 11.3 Å². The standard InChI is InChI=1S/C25H24ClFN4O4S/c1-15(31(14-33)13-17-12-29-16(2)30-24(17)28)23(9-10-32)36-25(34)21-11-18(26)3-8-22(21)35-20-6-4-19(27)5-7-20/h3-8,11-12,14,32H,9-10,13H2,1-2H3,(H2,28,29,30)/b23-15-. The lowest BCUT2D eigenvalue weighted by Crippen LogP contribution is -2.22. The van der Waals surface area contributed by atoms with E-state index < -0.39 is 10.9 Å². The molecule has 3 aromatic rings. The first-order valence-corrected chi connectivity index (χ1v) is 12.0. The zero-order valence-corrected chi connectivity index (χ0v) is 21.1. The van der Waals surface area contributed by atoms with Gasteiger partial charge in [-0.15, -0.1) is 0 Å². The number of anilines is 1. The Kier molecular flexibility index (Phi) is 9.40. The third kappa shape index (κ3) is 7.03. The third-order valence-corrected chi connectivity index (χ3v) is 6.46. The van der Waals surface area contributed by atoms with Crippen molar-refractivity contribution in [2.24, 2.45) is 0 Å². The van der Waals surface area contributed by atoms with Gasteiger partial charge in [0.2, 0.25) is 11.5 Å². The number of nitrogens with zero attached hydrogens (tertiary/aromatic N) is 3. The summed E-state index contributed by atoms with van der Waals surface area (Å²) >= 11 is 6.98. The maximum atomic E-state index is 13.3. The molecule has 0 radical (unpaired) electrons. The van der Waals surface area contributed by atoms with E-state index in [2.05, 4.69) is 9.97 Å². The van der Waals surface area contributed by atoms with E-state index in [9.17, 15) is 19.1 Å². The van der Waals surface area contributed by atoms with Gasteiger partial charge in [0, 0.05) is 40.4 Å². The number of rotatable bonds is 10. The van der Waals surface area contributed by atoms with Gasteiger partial charge < -0.3 is 20.5 Å². The Hall–Kier alpha value is -3.47. The summed E-state index contributed by atoms with van der Waals surface area (Å²) in [5, 5.41) is 9.53. The van der Waals surface area contributed by atoms with Crippen molar-refractivity contribution >= 4 is 40.7 Å². The fourth-order valence-electron chi connectivity index (χ4n) is 3.17. The molecule has 3 N–H and O–H groups in total. The van der Waals surface area contributed by atoms with Crippen LogP contribution in [0.15, 0.2) is 59.3 Å². The summed E-state index contributed by atoms with van der Waals surface area (Å²) in [6.07, 6.45) is 2.27. The Labute approximate surface area is 217 Å². The number of hydrogen-bond donors (Lipinski definition) is 2. The third-order valence-electron chi connectivity index (χ3n) is 5.08. The molecule has 0 atom stereocenters. The fraction of sp³-hybridized carbons (Fsp3) is 0.200. The fourth-order valence-corrected chi connectivity index (χ4v) is 4.29. The Bertz CT molecular complexity index is 1290. The van der Waals surface area contributed by atoms with E-state index in [-0.39, 0.29) is 36.7 Å². The Morgan fingerprint density at radius 2 is 2.00 bits per heavy atom. The second-order valence-corrected chi connectivity index (χ2v) is 9.13. The molecule has 36 heavy (non-hydrogen) atoms. The van der Waals surface area contributed by atoms with Gasteiger partial charge in [-0.3, -0.25) is 9.59 Å². The molecule has 0 unspecified atom stereocenters. The maximum absolute atomic E-state index is 13.3. The highest BCUT2D eigenvalue weighted by atomic mass is 35.5. The minimum Gasteiger partial charge on any atom is -0.457 e. The number of nitrogen functional groups attached to an aromatic ring is 1. The number of amides is 1. The van der Waals surface area contributed by atoms with Gasteiger partial charge in [0.15, 0.2) is 0 Å². The number of aliphatic hydroxyl groups is 1. The number of aromatic nitrogens is 2. The lowest BCUT2D eigenvalue weighted by molar-refractivity contribution is -0.116. The summed E-state index contributed by atoms with van der Waals surface area (Å²) in [6.45, 7) is 3.21. The van der Waals surface area contributed by atoms with E-state index in [4.69, 9.17) is 22.1 Å². The van der Waals surface area contributed by atoms with E-state index in [1.807, 2.05) is 0 Å². The number of thioether (sulfide) groups is 1. The summed E-state index contributed by atoms with van der Waals surface area (Å²) < 4.78 is 19.0. The molecule has 8 nitrogen and oxygen atoms in total. The number of carbonyl (C=O) groups excluding carboxylic acids is 2. The number of ether oxygens (including phenoxy) is 1. The van der Waals surface area contributed by atoms with Gasteiger partial charge in [-0.1, -0.05) is 11.6 Å². The van der Waals surface area contributed by atoms with E-state index in [0.29, 0.717) is 39.2 Å². The SMILES string of the molecule is C/C(=C(\CCO)SC(=O)c1cc(Cl)ccc1Oc1ccc(F)cc1)N(C=O)Cc1cnc(C)nc1N. The molecule has 3 rings (SSSR count). The van der Waals surface area contributed by atoms with Gasteiger partial charge in [-0.2, -0.15) is 0 Å². The van der Waals surface area contributed by atoms with Crippen molar-refractivity contribution < 1.29 is 23.8 Å². The van der Waals surface area contributed by atoms with Crippen LogP contribution >= 0.6 is 23.4 Å². The summed E-state index contributed by atoms with van der Waals surface area (Å²) in [6, 6.07) is 9.94. The minimum absolute atomic E-state index is 0.0845. The van der Waals surface area contributed by atoms with Crippen molar-refractivity contribution in [3.8, 4) is 11.5 Å². The zero-order chi connectivity index (χ0) is 26.2. The van der Waals surface area contributed by atoms with Crippen LogP contribution < -0.4 is 10.5 Å². The van der Waals surface area contributed by atoms with Gasteiger partial charge in [-0.25, -0.2) is 14.4 Å². The summed E-state index contributed by atoms with van der Waals surface area (Å²) in [4.78, 5) is 35.3. The highest BCUT2D eigenvalue weighted by molar-refractivity contribution is 8.17. The minimum atomic E-state index is -0.418. The second-order valence-electron chi connectivity index (χ2n) is 7.63. The Balaban J connectivity index is 1.89. The quantitative estimate of drug-likeness (QED) is 0.348. The Morgan fingerprint density at radius 1 is 1.28 bits per heavy atom. The number of hydrogen-bond acceptors (Lipinski definition) is 8. The number of nitrogens with two attached hydrogens (primary N) is 1. The van der Waals surface area contributed by atoms with Crippen LogP contribution in [0.5, 0.6) is 11.5 Å². The van der Waals surface area contributed by atoms with Crippen LogP contribution in [0.2, 0.25) is 5.02 Å². The number of allylic oxidation sites excluding steroid dienone is 1. The topological polar surface area (TPSA) is 119 Å². The van der Waals surface area contributed by atoms with Crippen LogP contribution in [0.25, 0.3) is 0 Å². The molecular formula is C25H24ClFN4O4S. The summed E-state index contributed by atoms with van der Waals surface area (Å²) in [5.41, 5.74) is 7.13. The molecule has 1 heterocycles. The molecular weight excluding hydrogens is 507 g/mol. The molecule has 1 aromatic heterocycles. The first-order valence-electron chi connectivity index (χ1n) is 10.8. The van der Waals surface area contributed by atoms with Gasteiger partial charge in [0.25, 0.3) is 0 Å². The van der Waals surface area contributed by atoms with Gasteiger partial charge in [0.05, 0.1) is 12.1 Å². The van der Waals surface area contributed by atoms with Crippen molar-refractivity contribution in [1.29, 1.82) is 0 Å². The first kappa shape index (κ1) is 27.1. The van der Waals surface area contributed by atoms with Crippen LogP contribution in [-0.4, -0.2) is 38.1 Å². The van der Waals surface area contributed by atoms with Crippen molar-refractivity contribution in [1.82, 2.24) is 14.9 Å². The van der Waals surface area contributed by atoms with E-state index in [1.54, 1.807) is 26.0 Å². The molecule has 1 amide bonds. The number of benzene rings is 2.